The first kappa shape index (κ1) is 29.8. The molecule has 0 radical (unpaired) electrons. The number of halogens is 1. The third-order valence-electron chi connectivity index (χ3n) is 6.82. The minimum Gasteiger partial charge on any atom is -0.480 e. The lowest BCUT2D eigenvalue weighted by molar-refractivity contribution is -0.140. The maximum atomic E-state index is 13.0. The number of nitrogens with one attached hydrogen (secondary N) is 1. The van der Waals surface area contributed by atoms with Crippen LogP contribution in [0.15, 0.2) is 77.6 Å². The van der Waals surface area contributed by atoms with Crippen LogP contribution in [0.1, 0.15) is 60.4 Å². The number of aryl methyl sites for hydroxylation is 1. The van der Waals surface area contributed by atoms with Crippen molar-refractivity contribution in [3.63, 3.8) is 0 Å². The zero-order valence-corrected chi connectivity index (χ0v) is 24.3. The van der Waals surface area contributed by atoms with Gasteiger partial charge in [-0.2, -0.15) is 0 Å². The predicted molar refractivity (Wildman–Crippen MR) is 158 cm³/mol. The molecule has 0 atom stereocenters. The van der Waals surface area contributed by atoms with Gasteiger partial charge in [-0.3, -0.25) is 4.79 Å². The molecule has 1 aromatic heterocycles. The third kappa shape index (κ3) is 7.42. The zero-order chi connectivity index (χ0) is 28.9. The minimum atomic E-state index is -1.10. The summed E-state index contributed by atoms with van der Waals surface area (Å²) in [5.74, 6) is -1.01. The molecule has 39 heavy (non-hydrogen) atoms. The Morgan fingerprint density at radius 1 is 1.13 bits per heavy atom. The van der Waals surface area contributed by atoms with Crippen molar-refractivity contribution in [2.75, 3.05) is 6.61 Å². The second kappa shape index (κ2) is 12.4. The van der Waals surface area contributed by atoms with Crippen molar-refractivity contribution in [3.8, 4) is 0 Å². The van der Waals surface area contributed by atoms with Crippen LogP contribution in [0.2, 0.25) is 0 Å². The monoisotopic (exact) mass is 548 g/mol. The number of amides is 1. The topological polar surface area (TPSA) is 80.6 Å². The van der Waals surface area contributed by atoms with E-state index in [1.54, 1.807) is 6.08 Å². The summed E-state index contributed by atoms with van der Waals surface area (Å²) in [7, 11) is 0. The predicted octanol–water partition coefficient (Wildman–Crippen LogP) is 7.17. The fourth-order valence-electron chi connectivity index (χ4n) is 4.31. The maximum absolute atomic E-state index is 13.0. The van der Waals surface area contributed by atoms with Crippen molar-refractivity contribution < 1.29 is 19.4 Å². The lowest BCUT2D eigenvalue weighted by atomic mass is 9.87. The summed E-state index contributed by atoms with van der Waals surface area (Å²) in [5.41, 5.74) is 7.00. The largest absolute Gasteiger partial charge is 0.480 e. The van der Waals surface area contributed by atoms with Crippen LogP contribution in [0.5, 0.6) is 0 Å². The van der Waals surface area contributed by atoms with Crippen LogP contribution in [0.3, 0.4) is 0 Å². The van der Waals surface area contributed by atoms with Gasteiger partial charge in [-0.1, -0.05) is 69.3 Å². The van der Waals surface area contributed by atoms with Crippen LogP contribution < -0.4 is 5.32 Å². The number of ether oxygens (including phenoxy) is 1. The number of allylic oxidation sites excluding steroid dienone is 4. The molecule has 0 aliphatic rings. The van der Waals surface area contributed by atoms with Crippen molar-refractivity contribution >= 4 is 34.4 Å². The SMILES string of the molecule is C=C(Cl)/C(=C\C(=C/C)Cn1c(C)c(C)c2cc(C(=O)NCc3ccc(C(C)(C)C)cc3)ccc21)OCC(=O)O. The molecule has 0 spiro atoms. The number of nitrogens with zero attached hydrogens (tertiary/aromatic N) is 1. The molecule has 206 valence electrons. The highest BCUT2D eigenvalue weighted by Crippen LogP contribution is 2.28. The molecule has 0 saturated carbocycles. The number of fused-ring (bicyclic) bond motifs is 1. The van der Waals surface area contributed by atoms with E-state index in [-0.39, 0.29) is 22.1 Å². The number of rotatable bonds is 10. The van der Waals surface area contributed by atoms with E-state index in [4.69, 9.17) is 21.4 Å². The van der Waals surface area contributed by atoms with Gasteiger partial charge >= 0.3 is 5.97 Å². The number of carboxylic acid groups (broad SMARTS) is 1. The van der Waals surface area contributed by atoms with Gasteiger partial charge in [0.05, 0.1) is 5.03 Å². The average molecular weight is 549 g/mol. The Morgan fingerprint density at radius 3 is 2.36 bits per heavy atom. The first-order chi connectivity index (χ1) is 18.3. The summed E-state index contributed by atoms with van der Waals surface area (Å²) < 4.78 is 7.46. The van der Waals surface area contributed by atoms with Gasteiger partial charge in [0, 0.05) is 35.2 Å². The molecular weight excluding hydrogens is 512 g/mol. The van der Waals surface area contributed by atoms with Gasteiger partial charge in [-0.25, -0.2) is 4.79 Å². The summed E-state index contributed by atoms with van der Waals surface area (Å²) >= 11 is 6.05. The Balaban J connectivity index is 1.81. The molecule has 2 aromatic carbocycles. The molecule has 0 saturated heterocycles. The van der Waals surface area contributed by atoms with Gasteiger partial charge in [-0.15, -0.1) is 0 Å². The molecule has 0 aliphatic carbocycles. The number of aliphatic carboxylic acids is 1. The Hall–Kier alpha value is -3.77. The van der Waals surface area contributed by atoms with Crippen molar-refractivity contribution in [1.82, 2.24) is 9.88 Å². The van der Waals surface area contributed by atoms with Gasteiger partial charge in [-0.05, 0) is 72.7 Å². The molecule has 1 amide bonds. The second-order valence-corrected chi connectivity index (χ2v) is 11.1. The Bertz CT molecular complexity index is 1450. The van der Waals surface area contributed by atoms with E-state index in [0.29, 0.717) is 18.7 Å². The average Bonchev–Trinajstić information content (AvgIpc) is 3.12. The van der Waals surface area contributed by atoms with Crippen molar-refractivity contribution in [1.29, 1.82) is 0 Å². The number of carbonyl (C=O) groups is 2. The quantitative estimate of drug-likeness (QED) is 0.208. The molecule has 0 aliphatic heterocycles. The van der Waals surface area contributed by atoms with E-state index < -0.39 is 12.6 Å². The first-order valence-electron chi connectivity index (χ1n) is 12.8. The van der Waals surface area contributed by atoms with Gasteiger partial charge in [0.15, 0.2) is 6.61 Å². The summed E-state index contributed by atoms with van der Waals surface area (Å²) in [6.07, 6.45) is 3.62. The van der Waals surface area contributed by atoms with Crippen molar-refractivity contribution in [2.45, 2.75) is 60.0 Å². The van der Waals surface area contributed by atoms with Crippen LogP contribution in [0.25, 0.3) is 10.9 Å². The Labute approximate surface area is 235 Å². The van der Waals surface area contributed by atoms with Crippen LogP contribution in [-0.2, 0) is 28.0 Å². The zero-order valence-electron chi connectivity index (χ0n) is 23.5. The summed E-state index contributed by atoms with van der Waals surface area (Å²) in [6, 6.07) is 14.1. The van der Waals surface area contributed by atoms with E-state index in [0.717, 1.165) is 33.3 Å². The number of hydrogen-bond acceptors (Lipinski definition) is 3. The van der Waals surface area contributed by atoms with E-state index in [1.165, 1.54) is 5.56 Å². The number of benzene rings is 2. The third-order valence-corrected chi connectivity index (χ3v) is 7.01. The number of carboxylic acids is 1. The van der Waals surface area contributed by atoms with E-state index in [9.17, 15) is 9.59 Å². The normalized spacial score (nSPS) is 12.5. The summed E-state index contributed by atoms with van der Waals surface area (Å²) in [4.78, 5) is 23.9. The van der Waals surface area contributed by atoms with Crippen LogP contribution in [0, 0.1) is 13.8 Å². The highest BCUT2D eigenvalue weighted by Gasteiger charge is 2.16. The Morgan fingerprint density at radius 2 is 1.79 bits per heavy atom. The van der Waals surface area contributed by atoms with Crippen LogP contribution in [0.4, 0.5) is 0 Å². The highest BCUT2D eigenvalue weighted by atomic mass is 35.5. The molecule has 3 aromatic rings. The molecule has 0 fully saturated rings. The van der Waals surface area contributed by atoms with Gasteiger partial charge in [0.2, 0.25) is 0 Å². The molecule has 3 rings (SSSR count). The van der Waals surface area contributed by atoms with Crippen molar-refractivity contribution in [2.24, 2.45) is 0 Å². The maximum Gasteiger partial charge on any atom is 0.341 e. The van der Waals surface area contributed by atoms with Crippen LogP contribution >= 0.6 is 11.6 Å². The lowest BCUT2D eigenvalue weighted by Crippen LogP contribution is -2.22. The molecule has 0 bridgehead atoms. The summed E-state index contributed by atoms with van der Waals surface area (Å²) in [6.45, 7) is 16.6. The van der Waals surface area contributed by atoms with E-state index >= 15 is 0 Å². The van der Waals surface area contributed by atoms with E-state index in [2.05, 4.69) is 61.5 Å². The molecule has 1 heterocycles. The minimum absolute atomic E-state index is 0.0860. The molecule has 7 heteroatoms. The van der Waals surface area contributed by atoms with Crippen LogP contribution in [-0.4, -0.2) is 28.2 Å². The molecule has 2 N–H and O–H groups in total. The molecule has 0 unspecified atom stereocenters. The molecule has 6 nitrogen and oxygen atoms in total. The number of carbonyl (C=O) groups excluding carboxylic acids is 1. The van der Waals surface area contributed by atoms with Gasteiger partial charge < -0.3 is 19.7 Å². The van der Waals surface area contributed by atoms with Crippen molar-refractivity contribution in [3.05, 3.63) is 106 Å². The van der Waals surface area contributed by atoms with E-state index in [1.807, 2.05) is 45.0 Å². The number of hydrogen-bond donors (Lipinski definition) is 2. The summed E-state index contributed by atoms with van der Waals surface area (Å²) in [5, 5.41) is 13.1. The Kier molecular flexibility index (Phi) is 9.46. The highest BCUT2D eigenvalue weighted by molar-refractivity contribution is 6.31. The fourth-order valence-corrected chi connectivity index (χ4v) is 4.42. The smallest absolute Gasteiger partial charge is 0.341 e. The van der Waals surface area contributed by atoms with Gasteiger partial charge in [0.1, 0.15) is 5.76 Å². The fraction of sp³-hybridized carbons (Fsp3) is 0.312. The lowest BCUT2D eigenvalue weighted by Gasteiger charge is -2.19. The second-order valence-electron chi connectivity index (χ2n) is 10.6. The molecular formula is C32H37ClN2O4. The van der Waals surface area contributed by atoms with Gasteiger partial charge in [0.25, 0.3) is 5.91 Å². The first-order valence-corrected chi connectivity index (χ1v) is 13.2. The standard InChI is InChI=1S/C32H37ClN2O4/c1-8-23(15-29(21(3)33)39-19-30(36)37)18-35-22(4)20(2)27-16-25(11-14-28(27)35)31(38)34-17-24-9-12-26(13-10-24)32(5,6)7/h8-16H,3,17-19H2,1-2,4-7H3,(H,34,38)(H,36,37)/b23-8+,29-15+. The number of aromatic nitrogens is 1.